The van der Waals surface area contributed by atoms with Gasteiger partial charge in [-0.3, -0.25) is 0 Å². The first-order chi connectivity index (χ1) is 39.9. The SMILES string of the molecule is Cc1cc2c3c(c1)N(c1cccc4c1-c1ccccc1C4(C)C)c1cc(N4c5ccc(C(C)(C)C)cc5C5(C)CCCCC45C)ccc1B3c1cc3c(cc1N2c1ccc(C(C)(C)C)cc1-c1ccccc1)C(C)(C)c1ccccc1C3(C)C. The minimum absolute atomic E-state index is 0.0145. The molecule has 0 N–H and O–H groups in total. The second-order valence-electron chi connectivity index (χ2n) is 30.2. The molecule has 0 spiro atoms. The summed E-state index contributed by atoms with van der Waals surface area (Å²) in [6, 6.07) is 69.9. The average molecular weight is 1100 g/mol. The number of anilines is 8. The number of rotatable bonds is 4. The molecule has 3 aliphatic carbocycles. The Morgan fingerprint density at radius 3 is 1.63 bits per heavy atom. The van der Waals surface area contributed by atoms with Crippen molar-refractivity contribution in [2.24, 2.45) is 0 Å². The zero-order chi connectivity index (χ0) is 58.6. The summed E-state index contributed by atoms with van der Waals surface area (Å²) in [6.45, 7) is 36.4. The van der Waals surface area contributed by atoms with Crippen molar-refractivity contribution in [1.82, 2.24) is 0 Å². The van der Waals surface area contributed by atoms with Crippen molar-refractivity contribution in [1.29, 1.82) is 0 Å². The Kier molecular flexibility index (Phi) is 11.1. The minimum atomic E-state index is -0.254. The van der Waals surface area contributed by atoms with Gasteiger partial charge < -0.3 is 14.7 Å². The number of benzene rings is 9. The number of fused-ring (bicyclic) bond motifs is 12. The maximum Gasteiger partial charge on any atom is 0.252 e. The van der Waals surface area contributed by atoms with Gasteiger partial charge in [-0.2, -0.15) is 0 Å². The lowest BCUT2D eigenvalue weighted by Crippen LogP contribution is -2.62. The van der Waals surface area contributed by atoms with Crippen LogP contribution in [0.3, 0.4) is 0 Å². The van der Waals surface area contributed by atoms with Crippen molar-refractivity contribution < 1.29 is 0 Å². The van der Waals surface area contributed by atoms with Crippen LogP contribution < -0.4 is 31.1 Å². The van der Waals surface area contributed by atoms with Gasteiger partial charge in [0.25, 0.3) is 6.71 Å². The minimum Gasteiger partial charge on any atom is -0.334 e. The van der Waals surface area contributed by atoms with Gasteiger partial charge in [0, 0.05) is 66.9 Å². The summed E-state index contributed by atoms with van der Waals surface area (Å²) in [5.74, 6) is 0. The molecule has 0 aromatic heterocycles. The molecule has 0 bridgehead atoms. The van der Waals surface area contributed by atoms with E-state index in [4.69, 9.17) is 0 Å². The molecule has 9 aromatic carbocycles. The van der Waals surface area contributed by atoms with Gasteiger partial charge in [-0.1, -0.05) is 224 Å². The predicted molar refractivity (Wildman–Crippen MR) is 359 cm³/mol. The molecular weight excluding hydrogens is 1010 g/mol. The number of aryl methyl sites for hydroxylation is 1. The van der Waals surface area contributed by atoms with Crippen LogP contribution in [-0.2, 0) is 32.5 Å². The molecule has 3 aliphatic heterocycles. The van der Waals surface area contributed by atoms with E-state index >= 15 is 0 Å². The van der Waals surface area contributed by atoms with E-state index in [1.54, 1.807) is 0 Å². The van der Waals surface area contributed by atoms with Crippen molar-refractivity contribution in [2.45, 2.75) is 168 Å². The van der Waals surface area contributed by atoms with E-state index in [1.807, 2.05) is 0 Å². The van der Waals surface area contributed by atoms with Gasteiger partial charge in [-0.05, 0) is 175 Å². The predicted octanol–water partition coefficient (Wildman–Crippen LogP) is 19.4. The van der Waals surface area contributed by atoms with Crippen molar-refractivity contribution in [2.75, 3.05) is 14.7 Å². The molecule has 15 rings (SSSR count). The standard InChI is InChI=1S/C80H82BN3/c1-49-42-70-73-71(43-49)83(67-33-25-32-59-72(67)54-28-19-20-29-56(54)76(59,8)9)68-46-53(84-66-39-35-52(75(5,6)7)45-62(66)79(14)40-23-24-41-80(79,84)15)36-37-63(68)81(73)64-47-60-61(78(12,13)58-31-22-21-30-57(58)77(60,10)11)48-69(64)82(70)65-38-34-51(74(2,3)4)44-55(65)50-26-17-16-18-27-50/h16-22,25-39,42-48H,23-24,40-41H2,1-15H3. The average Bonchev–Trinajstić information content (AvgIpc) is 1.09. The van der Waals surface area contributed by atoms with Crippen LogP contribution in [0.25, 0.3) is 22.3 Å². The van der Waals surface area contributed by atoms with Crippen LogP contribution in [0.1, 0.15) is 178 Å². The van der Waals surface area contributed by atoms with Gasteiger partial charge in [0.1, 0.15) is 0 Å². The maximum absolute atomic E-state index is 2.82. The third kappa shape index (κ3) is 7.12. The lowest BCUT2D eigenvalue weighted by Gasteiger charge is -2.51. The molecule has 4 heteroatoms. The van der Waals surface area contributed by atoms with Gasteiger partial charge in [-0.15, -0.1) is 0 Å². The van der Waals surface area contributed by atoms with E-state index < -0.39 is 0 Å². The molecule has 6 aliphatic rings. The molecule has 0 radical (unpaired) electrons. The molecule has 1 fully saturated rings. The summed E-state index contributed by atoms with van der Waals surface area (Å²) < 4.78 is 0. The van der Waals surface area contributed by atoms with E-state index in [0.717, 1.165) is 6.42 Å². The van der Waals surface area contributed by atoms with Crippen LogP contribution in [0.2, 0.25) is 0 Å². The monoisotopic (exact) mass is 1100 g/mol. The van der Waals surface area contributed by atoms with Crippen LogP contribution in [0, 0.1) is 6.92 Å². The van der Waals surface area contributed by atoms with Crippen molar-refractivity contribution >= 4 is 68.6 Å². The fraction of sp³-hybridized carbons (Fsp3) is 0.325. The van der Waals surface area contributed by atoms with Gasteiger partial charge in [-0.25, -0.2) is 0 Å². The highest BCUT2D eigenvalue weighted by molar-refractivity contribution is 7.00. The largest absolute Gasteiger partial charge is 0.334 e. The Morgan fingerprint density at radius 1 is 0.393 bits per heavy atom. The van der Waals surface area contributed by atoms with E-state index in [-0.39, 0.29) is 44.7 Å². The van der Waals surface area contributed by atoms with Crippen LogP contribution in [0.5, 0.6) is 0 Å². The van der Waals surface area contributed by atoms with Crippen LogP contribution in [0.4, 0.5) is 45.5 Å². The van der Waals surface area contributed by atoms with Gasteiger partial charge in [0.15, 0.2) is 0 Å². The normalized spacial score (nSPS) is 20.7. The Balaban J connectivity index is 1.07. The van der Waals surface area contributed by atoms with Gasteiger partial charge >= 0.3 is 0 Å². The van der Waals surface area contributed by atoms with Crippen molar-refractivity contribution in [3.05, 3.63) is 232 Å². The Bertz CT molecular complexity index is 4280. The Morgan fingerprint density at radius 2 is 0.952 bits per heavy atom. The first-order valence-electron chi connectivity index (χ1n) is 31.4. The quantitative estimate of drug-likeness (QED) is 0.163. The third-order valence-electron chi connectivity index (χ3n) is 22.2. The molecule has 1 saturated carbocycles. The molecule has 0 saturated heterocycles. The van der Waals surface area contributed by atoms with Gasteiger partial charge in [0.2, 0.25) is 0 Å². The fourth-order valence-electron chi connectivity index (χ4n) is 17.3. The molecule has 0 amide bonds. The third-order valence-corrected chi connectivity index (χ3v) is 22.2. The smallest absolute Gasteiger partial charge is 0.252 e. The molecule has 420 valence electrons. The Labute approximate surface area is 501 Å². The molecule has 3 nitrogen and oxygen atoms in total. The van der Waals surface area contributed by atoms with Crippen molar-refractivity contribution in [3.8, 4) is 22.3 Å². The highest BCUT2D eigenvalue weighted by Gasteiger charge is 2.58. The second-order valence-corrected chi connectivity index (χ2v) is 30.2. The maximum atomic E-state index is 2.82. The highest BCUT2D eigenvalue weighted by Crippen LogP contribution is 2.63. The molecule has 2 atom stereocenters. The zero-order valence-electron chi connectivity index (χ0n) is 52.5. The first kappa shape index (κ1) is 53.2. The second kappa shape index (κ2) is 17.5. The molecule has 3 heterocycles. The first-order valence-corrected chi connectivity index (χ1v) is 31.4. The van der Waals surface area contributed by atoms with E-state index in [1.165, 1.54) is 159 Å². The lowest BCUT2D eigenvalue weighted by molar-refractivity contribution is 0.195. The summed E-state index contributed by atoms with van der Waals surface area (Å²) in [5.41, 5.74) is 32.4. The van der Waals surface area contributed by atoms with Crippen LogP contribution in [0.15, 0.2) is 176 Å². The number of nitrogens with zero attached hydrogens (tertiary/aromatic N) is 3. The number of hydrogen-bond donors (Lipinski definition) is 0. The summed E-state index contributed by atoms with van der Waals surface area (Å²) in [5, 5.41) is 0. The zero-order valence-corrected chi connectivity index (χ0v) is 52.5. The number of hydrogen-bond acceptors (Lipinski definition) is 3. The van der Waals surface area contributed by atoms with Crippen LogP contribution >= 0.6 is 0 Å². The fourth-order valence-corrected chi connectivity index (χ4v) is 17.3. The molecule has 9 aromatic rings. The van der Waals surface area contributed by atoms with E-state index in [0.29, 0.717) is 0 Å². The van der Waals surface area contributed by atoms with E-state index in [2.05, 4.69) is 294 Å². The van der Waals surface area contributed by atoms with Gasteiger partial charge in [0.05, 0.1) is 16.9 Å². The summed E-state index contributed by atoms with van der Waals surface area (Å²) in [6.07, 6.45) is 4.80. The summed E-state index contributed by atoms with van der Waals surface area (Å²) in [4.78, 5) is 8.27. The highest BCUT2D eigenvalue weighted by atomic mass is 15.3. The summed E-state index contributed by atoms with van der Waals surface area (Å²) >= 11 is 0. The van der Waals surface area contributed by atoms with Crippen LogP contribution in [-0.4, -0.2) is 12.3 Å². The Hall–Kier alpha value is -7.56. The van der Waals surface area contributed by atoms with Crippen molar-refractivity contribution in [3.63, 3.8) is 0 Å². The summed E-state index contributed by atoms with van der Waals surface area (Å²) in [7, 11) is 0. The molecule has 84 heavy (non-hydrogen) atoms. The molecule has 2 unspecified atom stereocenters. The van der Waals surface area contributed by atoms with E-state index in [9.17, 15) is 0 Å². The topological polar surface area (TPSA) is 9.72 Å². The lowest BCUT2D eigenvalue weighted by atomic mass is 9.33. The molecular formula is C80H82BN3.